The Hall–Kier alpha value is -9.15. The maximum Gasteiger partial charge on any atom is 0.171 e. The van der Waals surface area contributed by atoms with Crippen molar-refractivity contribution in [2.75, 3.05) is 4.90 Å². The number of hydrogen-bond donors (Lipinski definition) is 0. The van der Waals surface area contributed by atoms with E-state index in [1.165, 1.54) is 32.6 Å². The van der Waals surface area contributed by atoms with Gasteiger partial charge in [-0.05, 0) is 107 Å². The van der Waals surface area contributed by atoms with Gasteiger partial charge < -0.3 is 23.0 Å². The Morgan fingerprint density at radius 2 is 0.863 bits per heavy atom. The summed E-state index contributed by atoms with van der Waals surface area (Å²) in [5, 5.41) is 9.30. The molecule has 2 aliphatic heterocycles. The Morgan fingerprint density at radius 1 is 0.329 bits per heavy atom. The van der Waals surface area contributed by atoms with E-state index in [0.29, 0.717) is 0 Å². The second-order valence-corrected chi connectivity index (χ2v) is 22.2. The summed E-state index contributed by atoms with van der Waals surface area (Å²) >= 11 is 0. The number of furan rings is 1. The average molecular weight is 952 g/mol. The zero-order valence-electron chi connectivity index (χ0n) is 39.4. The Labute approximate surface area is 420 Å². The summed E-state index contributed by atoms with van der Waals surface area (Å²) in [6.45, 7) is 0. The molecule has 0 bridgehead atoms. The van der Waals surface area contributed by atoms with Crippen molar-refractivity contribution >= 4 is 106 Å². The standard InChI is InChI=1S/C67H42N3O2P/c71-73(46-21-5-2-6-22-46)65-34-18-12-28-55(65)67(56-41-52-50-26-10-17-33-63(50)72-64(52)42-66(56)73)53-27-11-16-32-61(53)68(43-19-3-1-4-20-43)62-40-45(35-37-54(62)67)70-59-31-15-9-25-49(59)51-39-44(36-38-60(51)70)69-57-29-13-7-23-47(57)48-24-8-14-30-58(48)69/h1-42H. The summed E-state index contributed by atoms with van der Waals surface area (Å²) in [6, 6.07) is 91.1. The molecule has 0 saturated heterocycles. The fourth-order valence-corrected chi connectivity index (χ4v) is 16.2. The molecular formula is C67H42N3O2P. The van der Waals surface area contributed by atoms with Crippen LogP contribution in [-0.2, 0) is 9.98 Å². The minimum Gasteiger partial charge on any atom is -0.456 e. The zero-order valence-corrected chi connectivity index (χ0v) is 40.2. The number of para-hydroxylation sites is 6. The highest BCUT2D eigenvalue weighted by atomic mass is 31.2. The van der Waals surface area contributed by atoms with Crippen LogP contribution in [0.2, 0.25) is 0 Å². The van der Waals surface area contributed by atoms with Crippen LogP contribution < -0.4 is 20.8 Å². The number of benzene rings is 11. The van der Waals surface area contributed by atoms with Crippen molar-refractivity contribution in [1.82, 2.24) is 9.13 Å². The first-order valence-corrected chi connectivity index (χ1v) is 26.6. The lowest BCUT2D eigenvalue weighted by atomic mass is 9.62. The summed E-state index contributed by atoms with van der Waals surface area (Å²) in [5.41, 5.74) is 14.8. The SMILES string of the molecule is O=P1(c2ccccc2)c2ccccc2C2(c3ccccc3N(c3ccccc3)c3cc(-n4c5ccccc5c5cc(-n6c7ccccc7c7ccccc76)ccc54)ccc32)c2cc3c(cc21)oc1ccccc13. The molecular weight excluding hydrogens is 910 g/mol. The number of hydrogen-bond acceptors (Lipinski definition) is 3. The van der Waals surface area contributed by atoms with Crippen LogP contribution >= 0.6 is 7.14 Å². The van der Waals surface area contributed by atoms with Crippen molar-refractivity contribution in [3.8, 4) is 11.4 Å². The van der Waals surface area contributed by atoms with E-state index in [0.717, 1.165) is 99.6 Å². The topological polar surface area (TPSA) is 43.3 Å². The first-order valence-electron chi connectivity index (χ1n) is 24.9. The molecule has 6 heteroatoms. The van der Waals surface area contributed by atoms with Crippen LogP contribution in [0, 0.1) is 0 Å². The molecule has 0 aliphatic carbocycles. The number of nitrogens with zero attached hydrogens (tertiary/aromatic N) is 3. The number of rotatable bonds is 4. The fraction of sp³-hybridized carbons (Fsp3) is 0.0149. The van der Waals surface area contributed by atoms with Gasteiger partial charge in [-0.2, -0.15) is 0 Å². The predicted molar refractivity (Wildman–Crippen MR) is 302 cm³/mol. The molecule has 73 heavy (non-hydrogen) atoms. The van der Waals surface area contributed by atoms with Gasteiger partial charge in [0.25, 0.3) is 0 Å². The van der Waals surface area contributed by atoms with Crippen molar-refractivity contribution in [2.45, 2.75) is 5.41 Å². The van der Waals surface area contributed by atoms with E-state index in [1.54, 1.807) is 0 Å². The third kappa shape index (κ3) is 5.34. The molecule has 342 valence electrons. The van der Waals surface area contributed by atoms with Crippen molar-refractivity contribution < 1.29 is 8.98 Å². The van der Waals surface area contributed by atoms with Gasteiger partial charge in [0, 0.05) is 65.3 Å². The molecule has 0 radical (unpaired) electrons. The van der Waals surface area contributed by atoms with Crippen LogP contribution in [0.25, 0.3) is 76.9 Å². The van der Waals surface area contributed by atoms with Gasteiger partial charge in [0.2, 0.25) is 0 Å². The second-order valence-electron chi connectivity index (χ2n) is 19.5. The summed E-state index contributed by atoms with van der Waals surface area (Å²) in [6.07, 6.45) is 0. The van der Waals surface area contributed by atoms with Gasteiger partial charge in [-0.1, -0.05) is 170 Å². The zero-order chi connectivity index (χ0) is 48.0. The van der Waals surface area contributed by atoms with Gasteiger partial charge in [0.1, 0.15) is 11.2 Å². The summed E-state index contributed by atoms with van der Waals surface area (Å²) in [7, 11) is -3.52. The average Bonchev–Trinajstić information content (AvgIpc) is 4.11. The third-order valence-electron chi connectivity index (χ3n) is 15.9. The van der Waals surface area contributed by atoms with Crippen LogP contribution in [0.15, 0.2) is 259 Å². The molecule has 5 nitrogen and oxygen atoms in total. The Bertz CT molecular complexity index is 4630. The largest absolute Gasteiger partial charge is 0.456 e. The molecule has 16 rings (SSSR count). The van der Waals surface area contributed by atoms with E-state index < -0.39 is 12.6 Å². The smallest absolute Gasteiger partial charge is 0.171 e. The van der Waals surface area contributed by atoms with Crippen LogP contribution in [0.4, 0.5) is 17.1 Å². The lowest BCUT2D eigenvalue weighted by Gasteiger charge is -2.50. The van der Waals surface area contributed by atoms with Crippen molar-refractivity contribution in [1.29, 1.82) is 0 Å². The molecule has 5 heterocycles. The van der Waals surface area contributed by atoms with Gasteiger partial charge in [-0.25, -0.2) is 0 Å². The van der Waals surface area contributed by atoms with Gasteiger partial charge in [-0.3, -0.25) is 0 Å². The van der Waals surface area contributed by atoms with E-state index in [2.05, 4.69) is 226 Å². The van der Waals surface area contributed by atoms with E-state index in [4.69, 9.17) is 4.42 Å². The van der Waals surface area contributed by atoms with Gasteiger partial charge in [-0.15, -0.1) is 0 Å². The van der Waals surface area contributed by atoms with E-state index in [-0.39, 0.29) is 0 Å². The molecule has 2 atom stereocenters. The Kier molecular flexibility index (Phi) is 8.30. The third-order valence-corrected chi connectivity index (χ3v) is 19.1. The highest BCUT2D eigenvalue weighted by Gasteiger charge is 2.55. The lowest BCUT2D eigenvalue weighted by Crippen LogP contribution is -2.49. The first-order chi connectivity index (χ1) is 36.1. The van der Waals surface area contributed by atoms with Crippen LogP contribution in [0.1, 0.15) is 22.3 Å². The summed E-state index contributed by atoms with van der Waals surface area (Å²) in [5.74, 6) is 0. The lowest BCUT2D eigenvalue weighted by molar-refractivity contribution is 0.590. The highest BCUT2D eigenvalue weighted by Crippen LogP contribution is 2.63. The number of anilines is 3. The predicted octanol–water partition coefficient (Wildman–Crippen LogP) is 15.9. The van der Waals surface area contributed by atoms with Gasteiger partial charge in [0.15, 0.2) is 7.14 Å². The minimum atomic E-state index is -3.52. The van der Waals surface area contributed by atoms with Crippen molar-refractivity contribution in [2.24, 2.45) is 0 Å². The highest BCUT2D eigenvalue weighted by molar-refractivity contribution is 7.85. The molecule has 1 spiro atoms. The van der Waals surface area contributed by atoms with E-state index in [1.807, 2.05) is 42.5 Å². The summed E-state index contributed by atoms with van der Waals surface area (Å²) in [4.78, 5) is 2.44. The molecule has 0 amide bonds. The molecule has 2 aliphatic rings. The van der Waals surface area contributed by atoms with E-state index >= 15 is 4.57 Å². The molecule has 2 unspecified atom stereocenters. The molecule has 3 aromatic heterocycles. The Balaban J connectivity index is 1.01. The monoisotopic (exact) mass is 951 g/mol. The van der Waals surface area contributed by atoms with Crippen LogP contribution in [0.3, 0.4) is 0 Å². The van der Waals surface area contributed by atoms with Crippen molar-refractivity contribution in [3.63, 3.8) is 0 Å². The van der Waals surface area contributed by atoms with Crippen LogP contribution in [-0.4, -0.2) is 9.13 Å². The Morgan fingerprint density at radius 3 is 1.59 bits per heavy atom. The van der Waals surface area contributed by atoms with Crippen molar-refractivity contribution in [3.05, 3.63) is 277 Å². The first kappa shape index (κ1) is 40.6. The maximum atomic E-state index is 16.9. The fourth-order valence-electron chi connectivity index (χ4n) is 13.0. The molecule has 14 aromatic rings. The molecule has 11 aromatic carbocycles. The normalized spacial score (nSPS) is 16.9. The molecule has 0 saturated carbocycles. The quantitative estimate of drug-likeness (QED) is 0.165. The molecule has 0 N–H and O–H groups in total. The molecule has 0 fully saturated rings. The van der Waals surface area contributed by atoms with E-state index in [9.17, 15) is 0 Å². The second kappa shape index (κ2) is 14.9. The number of fused-ring (bicyclic) bond motifs is 17. The van der Waals surface area contributed by atoms with Gasteiger partial charge >= 0.3 is 0 Å². The number of aromatic nitrogens is 2. The van der Waals surface area contributed by atoms with Crippen LogP contribution in [0.5, 0.6) is 0 Å². The summed E-state index contributed by atoms with van der Waals surface area (Å²) < 4.78 is 28.4. The maximum absolute atomic E-state index is 16.9. The van der Waals surface area contributed by atoms with Gasteiger partial charge in [0.05, 0.1) is 38.9 Å². The minimum absolute atomic E-state index is 0.726.